The van der Waals surface area contributed by atoms with E-state index in [0.717, 1.165) is 33.2 Å². The number of nitrogens with one attached hydrogen (secondary N) is 2. The first-order valence-electron chi connectivity index (χ1n) is 14.9. The molecule has 1 fully saturated rings. The molecule has 4 aromatic rings. The van der Waals surface area contributed by atoms with Crippen molar-refractivity contribution in [3.63, 3.8) is 0 Å². The van der Waals surface area contributed by atoms with Gasteiger partial charge in [-0.15, -0.1) is 21.5 Å². The number of aryl methyl sites for hydroxylation is 2. The molecule has 236 valence electrons. The molecule has 10 nitrogen and oxygen atoms in total. The van der Waals surface area contributed by atoms with Crippen LogP contribution in [0.15, 0.2) is 65.7 Å². The van der Waals surface area contributed by atoms with Crippen LogP contribution in [0, 0.1) is 20.8 Å². The molecule has 0 spiro atoms. The first kappa shape index (κ1) is 31.4. The number of thiophene rings is 1. The lowest BCUT2D eigenvalue weighted by Crippen LogP contribution is -2.53. The molecule has 2 aromatic heterocycles. The minimum absolute atomic E-state index is 0.0840. The second-order valence-electron chi connectivity index (χ2n) is 11.5. The summed E-state index contributed by atoms with van der Waals surface area (Å²) in [5, 5.41) is 16.4. The largest absolute Gasteiger partial charge is 0.497 e. The van der Waals surface area contributed by atoms with Crippen molar-refractivity contribution in [2.45, 2.75) is 58.2 Å². The summed E-state index contributed by atoms with van der Waals surface area (Å²) < 4.78 is 7.13. The SMILES string of the molecule is COc1ccc(C(=O)/C=C/C(=O)NC2CC(NC(=O)C[C@@H]3N=C(c4ccc(Cl)cc4)c4c(sc(C)c4C)-n4c(C)nnc43)C2)cc1. The first-order chi connectivity index (χ1) is 22.1. The van der Waals surface area contributed by atoms with Crippen LogP contribution in [0.25, 0.3) is 5.00 Å². The molecule has 2 aliphatic rings. The van der Waals surface area contributed by atoms with Crippen LogP contribution in [0.5, 0.6) is 5.75 Å². The maximum atomic E-state index is 13.3. The Morgan fingerprint density at radius 1 is 0.978 bits per heavy atom. The molecule has 2 aromatic carbocycles. The number of carbonyl (C=O) groups excluding carboxylic acids is 3. The highest BCUT2D eigenvalue weighted by atomic mass is 35.5. The van der Waals surface area contributed by atoms with Crippen molar-refractivity contribution in [2.24, 2.45) is 4.99 Å². The molecule has 0 bridgehead atoms. The second-order valence-corrected chi connectivity index (χ2v) is 13.1. The number of allylic oxidation sites excluding steroid dienone is 1. The Bertz CT molecular complexity index is 1870. The zero-order valence-electron chi connectivity index (χ0n) is 25.8. The van der Waals surface area contributed by atoms with Gasteiger partial charge in [0.15, 0.2) is 11.6 Å². The molecule has 2 amide bonds. The van der Waals surface area contributed by atoms with Crippen LogP contribution in [0.4, 0.5) is 0 Å². The Kier molecular flexibility index (Phi) is 8.88. The zero-order chi connectivity index (χ0) is 32.5. The van der Waals surface area contributed by atoms with Gasteiger partial charge in [0, 0.05) is 44.7 Å². The third-order valence-electron chi connectivity index (χ3n) is 8.35. The number of hydrogen-bond acceptors (Lipinski definition) is 8. The number of halogens is 1. The Morgan fingerprint density at radius 2 is 1.67 bits per heavy atom. The van der Waals surface area contributed by atoms with Crippen molar-refractivity contribution < 1.29 is 19.1 Å². The predicted octanol–water partition coefficient (Wildman–Crippen LogP) is 5.40. The predicted molar refractivity (Wildman–Crippen MR) is 177 cm³/mol. The molecular formula is C34H33ClN6O4S. The fourth-order valence-corrected chi connectivity index (χ4v) is 7.04. The summed E-state index contributed by atoms with van der Waals surface area (Å²) in [5.41, 5.74) is 4.30. The second kappa shape index (κ2) is 13.0. The summed E-state index contributed by atoms with van der Waals surface area (Å²) in [6.07, 6.45) is 3.76. The summed E-state index contributed by atoms with van der Waals surface area (Å²) >= 11 is 7.86. The molecule has 1 aliphatic carbocycles. The van der Waals surface area contributed by atoms with Gasteiger partial charge in [0.25, 0.3) is 0 Å². The third kappa shape index (κ3) is 6.38. The molecule has 1 atom stereocenters. The van der Waals surface area contributed by atoms with Crippen molar-refractivity contribution >= 4 is 46.2 Å². The molecule has 2 N–H and O–H groups in total. The highest BCUT2D eigenvalue weighted by Gasteiger charge is 2.35. The molecule has 0 radical (unpaired) electrons. The van der Waals surface area contributed by atoms with Gasteiger partial charge >= 0.3 is 0 Å². The number of aliphatic imine (C=N–C) groups is 1. The normalized spacial score (nSPS) is 18.5. The Labute approximate surface area is 275 Å². The number of rotatable bonds is 9. The molecule has 1 saturated carbocycles. The van der Waals surface area contributed by atoms with E-state index in [9.17, 15) is 14.4 Å². The highest BCUT2D eigenvalue weighted by molar-refractivity contribution is 7.15. The molecule has 3 heterocycles. The maximum Gasteiger partial charge on any atom is 0.244 e. The van der Waals surface area contributed by atoms with Crippen LogP contribution in [-0.2, 0) is 9.59 Å². The standard InChI is InChI=1S/C34H33ClN6O4S/c1-18-19(2)46-34-31(18)32(22-5-9-23(35)10-6-22)38-27(33-40-39-20(3)41(33)34)17-30(44)37-25-15-24(16-25)36-29(43)14-13-28(42)21-7-11-26(45-4)12-8-21/h5-14,24-25,27H,15-17H2,1-4H3,(H,36,43)(H,37,44)/b14-13+/t24?,25?,27-/m0/s1. The number of amides is 2. The Balaban J connectivity index is 1.10. The van der Waals surface area contributed by atoms with E-state index in [1.165, 1.54) is 17.0 Å². The Morgan fingerprint density at radius 3 is 2.37 bits per heavy atom. The van der Waals surface area contributed by atoms with E-state index in [2.05, 4.69) is 34.7 Å². The monoisotopic (exact) mass is 656 g/mol. The average Bonchev–Trinajstić information content (AvgIpc) is 3.51. The van der Waals surface area contributed by atoms with Crippen LogP contribution in [0.3, 0.4) is 0 Å². The van der Waals surface area contributed by atoms with Gasteiger partial charge in [-0.05, 0) is 81.7 Å². The van der Waals surface area contributed by atoms with E-state index < -0.39 is 6.04 Å². The van der Waals surface area contributed by atoms with Crippen molar-refractivity contribution in [3.05, 3.63) is 104 Å². The van der Waals surface area contributed by atoms with Gasteiger partial charge in [-0.1, -0.05) is 23.7 Å². The minimum Gasteiger partial charge on any atom is -0.497 e. The number of benzene rings is 2. The lowest BCUT2D eigenvalue weighted by Gasteiger charge is -2.36. The smallest absolute Gasteiger partial charge is 0.244 e. The lowest BCUT2D eigenvalue weighted by molar-refractivity contribution is -0.123. The van der Waals surface area contributed by atoms with Gasteiger partial charge in [-0.3, -0.25) is 23.9 Å². The molecule has 0 saturated heterocycles. The molecule has 0 unspecified atom stereocenters. The molecule has 6 rings (SSSR count). The number of fused-ring (bicyclic) bond motifs is 3. The summed E-state index contributed by atoms with van der Waals surface area (Å²) in [4.78, 5) is 44.5. The quantitative estimate of drug-likeness (QED) is 0.183. The molecule has 1 aliphatic heterocycles. The summed E-state index contributed by atoms with van der Waals surface area (Å²) in [5.74, 6) is 1.21. The minimum atomic E-state index is -0.560. The molecule has 12 heteroatoms. The summed E-state index contributed by atoms with van der Waals surface area (Å²) in [6.45, 7) is 6.08. The molecular weight excluding hydrogens is 624 g/mol. The third-order valence-corrected chi connectivity index (χ3v) is 9.79. The number of aromatic nitrogens is 3. The van der Waals surface area contributed by atoms with Crippen LogP contribution in [-0.4, -0.2) is 57.3 Å². The van der Waals surface area contributed by atoms with Crippen LogP contribution in [0.1, 0.15) is 68.9 Å². The lowest BCUT2D eigenvalue weighted by atomic mass is 9.86. The fraction of sp³-hybridized carbons (Fsp3) is 0.294. The Hall–Kier alpha value is -4.61. The van der Waals surface area contributed by atoms with Crippen LogP contribution >= 0.6 is 22.9 Å². The van der Waals surface area contributed by atoms with E-state index in [0.29, 0.717) is 35.0 Å². The zero-order valence-corrected chi connectivity index (χ0v) is 27.4. The van der Waals surface area contributed by atoms with Crippen molar-refractivity contribution in [1.29, 1.82) is 0 Å². The van der Waals surface area contributed by atoms with E-state index in [1.807, 2.05) is 35.8 Å². The topological polar surface area (TPSA) is 128 Å². The number of methoxy groups -OCH3 is 1. The van der Waals surface area contributed by atoms with E-state index >= 15 is 0 Å². The fourth-order valence-electron chi connectivity index (χ4n) is 5.70. The highest BCUT2D eigenvalue weighted by Crippen LogP contribution is 2.39. The van der Waals surface area contributed by atoms with Gasteiger partial charge in [-0.2, -0.15) is 0 Å². The van der Waals surface area contributed by atoms with Crippen molar-refractivity contribution in [3.8, 4) is 10.8 Å². The number of ether oxygens (including phenoxy) is 1. The number of ketones is 1. The van der Waals surface area contributed by atoms with Crippen LogP contribution in [0.2, 0.25) is 5.02 Å². The molecule has 46 heavy (non-hydrogen) atoms. The maximum absolute atomic E-state index is 13.3. The first-order valence-corrected chi connectivity index (χ1v) is 16.1. The van der Waals surface area contributed by atoms with Crippen LogP contribution < -0.4 is 15.4 Å². The van der Waals surface area contributed by atoms with Crippen molar-refractivity contribution in [1.82, 2.24) is 25.4 Å². The van der Waals surface area contributed by atoms with E-state index in [4.69, 9.17) is 21.3 Å². The summed E-state index contributed by atoms with van der Waals surface area (Å²) in [7, 11) is 1.55. The number of nitrogens with zero attached hydrogens (tertiary/aromatic N) is 4. The van der Waals surface area contributed by atoms with Gasteiger partial charge in [0.05, 0.1) is 19.2 Å². The van der Waals surface area contributed by atoms with Crippen molar-refractivity contribution in [2.75, 3.05) is 7.11 Å². The van der Waals surface area contributed by atoms with Gasteiger partial charge in [0.1, 0.15) is 22.6 Å². The number of carbonyl (C=O) groups is 3. The number of hydrogen-bond donors (Lipinski definition) is 2. The van der Waals surface area contributed by atoms with Gasteiger partial charge in [-0.25, -0.2) is 0 Å². The van der Waals surface area contributed by atoms with E-state index in [1.54, 1.807) is 42.7 Å². The van der Waals surface area contributed by atoms with Gasteiger partial charge in [0.2, 0.25) is 11.8 Å². The summed E-state index contributed by atoms with van der Waals surface area (Å²) in [6, 6.07) is 13.5. The van der Waals surface area contributed by atoms with Gasteiger partial charge < -0.3 is 15.4 Å². The van der Waals surface area contributed by atoms with E-state index in [-0.39, 0.29) is 36.1 Å². The average molecular weight is 657 g/mol.